The predicted octanol–water partition coefficient (Wildman–Crippen LogP) is 6.03. The molecular weight excluding hydrogens is 653 g/mol. The Kier molecular flexibility index (Phi) is 10.2. The van der Waals surface area contributed by atoms with Crippen molar-refractivity contribution in [2.24, 2.45) is 5.41 Å². The van der Waals surface area contributed by atoms with E-state index < -0.39 is 48.2 Å². The van der Waals surface area contributed by atoms with Gasteiger partial charge in [-0.05, 0) is 91.6 Å². The van der Waals surface area contributed by atoms with Crippen molar-refractivity contribution >= 4 is 17.8 Å². The fourth-order valence-electron chi connectivity index (χ4n) is 7.55. The minimum Gasteiger partial charge on any atom is -0.451 e. The molecule has 3 saturated heterocycles. The highest BCUT2D eigenvalue weighted by molar-refractivity contribution is 5.97. The normalized spacial score (nSPS) is 23.6. The quantitative estimate of drug-likeness (QED) is 0.335. The first-order chi connectivity index (χ1) is 23.6. The lowest BCUT2D eigenvalue weighted by Crippen LogP contribution is -2.61. The zero-order chi connectivity index (χ0) is 35.8. The third kappa shape index (κ3) is 8.44. The highest BCUT2D eigenvalue weighted by Crippen LogP contribution is 2.46. The van der Waals surface area contributed by atoms with E-state index in [1.807, 2.05) is 20.8 Å². The van der Waals surface area contributed by atoms with Crippen molar-refractivity contribution in [2.75, 3.05) is 44.2 Å². The number of alkyl halides is 2. The van der Waals surface area contributed by atoms with E-state index in [1.165, 1.54) is 29.6 Å². The minimum atomic E-state index is -2.81. The van der Waals surface area contributed by atoms with E-state index in [9.17, 15) is 22.8 Å². The van der Waals surface area contributed by atoms with Crippen molar-refractivity contribution in [3.05, 3.63) is 42.1 Å². The van der Waals surface area contributed by atoms with Crippen LogP contribution in [0.25, 0.3) is 0 Å². The second-order valence-corrected chi connectivity index (χ2v) is 15.7. The number of anilines is 1. The minimum absolute atomic E-state index is 0.0343. The van der Waals surface area contributed by atoms with Crippen LogP contribution in [-0.4, -0.2) is 107 Å². The van der Waals surface area contributed by atoms with Crippen molar-refractivity contribution in [2.45, 2.75) is 109 Å². The number of halogens is 3. The second-order valence-electron chi connectivity index (χ2n) is 15.7. The van der Waals surface area contributed by atoms with E-state index in [4.69, 9.17) is 14.2 Å². The molecule has 14 heteroatoms. The van der Waals surface area contributed by atoms with Crippen LogP contribution in [0, 0.1) is 11.2 Å². The first kappa shape index (κ1) is 36.2. The number of hydrogen-bond donors (Lipinski definition) is 1. The van der Waals surface area contributed by atoms with Gasteiger partial charge in [0.05, 0.1) is 30.5 Å². The van der Waals surface area contributed by atoms with Gasteiger partial charge in [-0.1, -0.05) is 0 Å². The van der Waals surface area contributed by atoms with Gasteiger partial charge in [0, 0.05) is 50.0 Å². The monoisotopic (exact) mass is 702 g/mol. The maximum atomic E-state index is 14.5. The van der Waals surface area contributed by atoms with Gasteiger partial charge in [0.1, 0.15) is 23.5 Å². The molecule has 6 rings (SSSR count). The summed E-state index contributed by atoms with van der Waals surface area (Å²) in [6.45, 7) is 13.9. The van der Waals surface area contributed by atoms with Crippen molar-refractivity contribution in [3.8, 4) is 11.5 Å². The molecule has 1 aliphatic carbocycles. The number of nitrogens with zero attached hydrogens (tertiary/aromatic N) is 5. The molecule has 4 fully saturated rings. The largest absolute Gasteiger partial charge is 0.451 e. The van der Waals surface area contributed by atoms with Crippen LogP contribution in [0.3, 0.4) is 0 Å². The number of carbonyl (C=O) groups is 2. The molecule has 2 amide bonds. The van der Waals surface area contributed by atoms with Gasteiger partial charge in [0.2, 0.25) is 0 Å². The molecule has 0 radical (unpaired) electrons. The number of likely N-dealkylation sites (tertiary alicyclic amines) is 1. The summed E-state index contributed by atoms with van der Waals surface area (Å²) in [6, 6.07) is 2.64. The van der Waals surface area contributed by atoms with Gasteiger partial charge in [-0.2, -0.15) is 0 Å². The molecule has 1 aromatic heterocycles. The molecule has 274 valence electrons. The molecule has 3 aliphatic heterocycles. The number of carbonyl (C=O) groups excluding carboxylic acids is 2. The highest BCUT2D eigenvalue weighted by Gasteiger charge is 2.50. The first-order valence-corrected chi connectivity index (χ1v) is 17.6. The average Bonchev–Trinajstić information content (AvgIpc) is 3.00. The molecule has 1 aromatic carbocycles. The number of benzene rings is 1. The number of piperidine rings is 1. The predicted molar refractivity (Wildman–Crippen MR) is 180 cm³/mol. The summed E-state index contributed by atoms with van der Waals surface area (Å²) in [5, 5.41) is 2.91. The third-order valence-corrected chi connectivity index (χ3v) is 10.1. The van der Waals surface area contributed by atoms with Gasteiger partial charge >= 0.3 is 6.09 Å². The molecule has 0 bridgehead atoms. The van der Waals surface area contributed by atoms with E-state index >= 15 is 0 Å². The van der Waals surface area contributed by atoms with Gasteiger partial charge in [-0.15, -0.1) is 0 Å². The fourth-order valence-corrected chi connectivity index (χ4v) is 7.55. The third-order valence-electron chi connectivity index (χ3n) is 10.1. The summed E-state index contributed by atoms with van der Waals surface area (Å²) in [4.78, 5) is 40.4. The number of ether oxygens (including phenoxy) is 3. The molecule has 50 heavy (non-hydrogen) atoms. The number of aromatic nitrogens is 2. The Balaban J connectivity index is 1.02. The Morgan fingerprint density at radius 3 is 2.46 bits per heavy atom. The maximum Gasteiger partial charge on any atom is 0.407 e. The Morgan fingerprint density at radius 1 is 1.12 bits per heavy atom. The number of rotatable bonds is 9. The van der Waals surface area contributed by atoms with Gasteiger partial charge in [0.25, 0.3) is 11.8 Å². The Bertz CT molecular complexity index is 1520. The van der Waals surface area contributed by atoms with Gasteiger partial charge < -0.3 is 34.2 Å². The zero-order valence-electron chi connectivity index (χ0n) is 29.6. The highest BCUT2D eigenvalue weighted by atomic mass is 19.3. The maximum absolute atomic E-state index is 14.5. The number of nitrogens with one attached hydrogen (secondary N) is 1. The van der Waals surface area contributed by atoms with Crippen molar-refractivity contribution < 1.29 is 37.0 Å². The number of amides is 2. The SMILES string of the molecule is CC(C)N(C(=O)c1cc(F)ccc1Oc1cncnc1N1CC2(CCN(C[C@@H]3CC[C@@H](NC(=O)OC(C)(C)C)CO3)CC2)C1)C1CC(F)(F)C1. The average molecular weight is 703 g/mol. The van der Waals surface area contributed by atoms with Crippen LogP contribution in [-0.2, 0) is 9.47 Å². The van der Waals surface area contributed by atoms with Crippen LogP contribution in [0.1, 0.15) is 83.5 Å². The van der Waals surface area contributed by atoms with E-state index in [1.54, 1.807) is 13.8 Å². The lowest BCUT2D eigenvalue weighted by atomic mass is 9.72. The summed E-state index contributed by atoms with van der Waals surface area (Å²) in [6.07, 6.45) is 5.64. The molecule has 11 nitrogen and oxygen atoms in total. The van der Waals surface area contributed by atoms with Crippen molar-refractivity contribution in [1.29, 1.82) is 0 Å². The van der Waals surface area contributed by atoms with Crippen molar-refractivity contribution in [1.82, 2.24) is 25.1 Å². The lowest BCUT2D eigenvalue weighted by molar-refractivity contribution is -0.120. The Hall–Kier alpha value is -3.65. The first-order valence-electron chi connectivity index (χ1n) is 17.6. The van der Waals surface area contributed by atoms with E-state index in [-0.39, 0.29) is 34.9 Å². The zero-order valence-corrected chi connectivity index (χ0v) is 29.6. The van der Waals surface area contributed by atoms with Gasteiger partial charge in [0.15, 0.2) is 11.6 Å². The standard InChI is InChI=1S/C36H49F3N6O5/c1-23(2)45(26-15-36(38,39)16-26)32(46)28-14-24(37)6-9-29(28)49-30-17-40-22-41-31(30)44-20-35(21-44)10-12-43(13-11-35)18-27-8-7-25(19-48-27)42-33(47)50-34(3,4)5/h6,9,14,17,22-23,25-27H,7-8,10-13,15-16,18-21H2,1-5H3,(H,42,47)/t25-,27+/m1/s1. The Morgan fingerprint density at radius 2 is 1.84 bits per heavy atom. The number of hydrogen-bond acceptors (Lipinski definition) is 9. The number of alkyl carbamates (subject to hydrolysis) is 1. The molecule has 2 atom stereocenters. The molecule has 4 heterocycles. The smallest absolute Gasteiger partial charge is 0.407 e. The Labute approximate surface area is 291 Å². The van der Waals surface area contributed by atoms with Crippen LogP contribution in [0.4, 0.5) is 23.8 Å². The summed E-state index contributed by atoms with van der Waals surface area (Å²) in [5.74, 6) is -2.96. The van der Waals surface area contributed by atoms with Crippen LogP contribution >= 0.6 is 0 Å². The van der Waals surface area contributed by atoms with E-state index in [2.05, 4.69) is 25.1 Å². The van der Waals surface area contributed by atoms with Gasteiger partial charge in [-0.3, -0.25) is 4.79 Å². The van der Waals surface area contributed by atoms with Crippen LogP contribution in [0.15, 0.2) is 30.7 Å². The molecule has 1 spiro atoms. The van der Waals surface area contributed by atoms with Crippen LogP contribution in [0.2, 0.25) is 0 Å². The molecule has 0 unspecified atom stereocenters. The summed E-state index contributed by atoms with van der Waals surface area (Å²) in [7, 11) is 0. The van der Waals surface area contributed by atoms with Crippen LogP contribution < -0.4 is 15.0 Å². The molecular formula is C36H49F3N6O5. The topological polar surface area (TPSA) is 109 Å². The van der Waals surface area contributed by atoms with E-state index in [0.29, 0.717) is 18.2 Å². The van der Waals surface area contributed by atoms with Crippen molar-refractivity contribution in [3.63, 3.8) is 0 Å². The summed E-state index contributed by atoms with van der Waals surface area (Å²) >= 11 is 0. The molecule has 1 saturated carbocycles. The lowest BCUT2D eigenvalue weighted by Gasteiger charge is -2.54. The van der Waals surface area contributed by atoms with E-state index in [0.717, 1.165) is 64.5 Å². The fraction of sp³-hybridized carbons (Fsp3) is 0.667. The second kappa shape index (κ2) is 14.2. The van der Waals surface area contributed by atoms with Crippen LogP contribution in [0.5, 0.6) is 11.5 Å². The molecule has 4 aliphatic rings. The summed E-state index contributed by atoms with van der Waals surface area (Å²) < 4.78 is 59.6. The van der Waals surface area contributed by atoms with Gasteiger partial charge in [-0.25, -0.2) is 27.9 Å². The molecule has 1 N–H and O–H groups in total. The summed E-state index contributed by atoms with van der Waals surface area (Å²) in [5.41, 5.74) is -0.425. The molecule has 2 aromatic rings.